The summed E-state index contributed by atoms with van der Waals surface area (Å²) in [7, 11) is 1.41. The predicted molar refractivity (Wildman–Crippen MR) is 64.4 cm³/mol. The minimum Gasteiger partial charge on any atom is -0.503 e. The molecule has 0 saturated heterocycles. The third-order valence-electron chi connectivity index (χ3n) is 2.12. The van der Waals surface area contributed by atoms with Gasteiger partial charge in [0.2, 0.25) is 0 Å². The Morgan fingerprint density at radius 2 is 2.19 bits per heavy atom. The lowest BCUT2D eigenvalue weighted by Crippen LogP contribution is -2.11. The van der Waals surface area contributed by atoms with Gasteiger partial charge in [-0.2, -0.15) is 0 Å². The topological polar surface area (TPSA) is 55.5 Å². The van der Waals surface area contributed by atoms with E-state index in [-0.39, 0.29) is 35.3 Å². The smallest absolute Gasteiger partial charge is 0.176 e. The Morgan fingerprint density at radius 3 is 2.69 bits per heavy atom. The number of halogens is 3. The highest BCUT2D eigenvalue weighted by molar-refractivity contribution is 6.32. The van der Waals surface area contributed by atoms with E-state index in [4.69, 9.17) is 22.1 Å². The van der Waals surface area contributed by atoms with E-state index in [9.17, 15) is 9.50 Å². The molecule has 0 fully saturated rings. The first-order valence-corrected chi connectivity index (χ1v) is 4.86. The van der Waals surface area contributed by atoms with Crippen LogP contribution in [0.25, 0.3) is 0 Å². The molecule has 0 aliphatic rings. The molecule has 1 aromatic rings. The lowest BCUT2D eigenvalue weighted by atomic mass is 10.0. The first-order chi connectivity index (χ1) is 7.10. The van der Waals surface area contributed by atoms with Gasteiger partial charge in [0.05, 0.1) is 18.8 Å². The highest BCUT2D eigenvalue weighted by Crippen LogP contribution is 2.36. The molecular weight excluding hydrogens is 256 g/mol. The van der Waals surface area contributed by atoms with E-state index in [2.05, 4.69) is 0 Å². The molecule has 0 aliphatic heterocycles. The van der Waals surface area contributed by atoms with Crippen molar-refractivity contribution in [2.75, 3.05) is 13.8 Å². The van der Waals surface area contributed by atoms with Gasteiger partial charge < -0.3 is 15.6 Å². The summed E-state index contributed by atoms with van der Waals surface area (Å²) in [4.78, 5) is 0. The standard InChI is InChI=1S/C10H13ClFNO2.ClH/c1-15-9-5-6(8(13)2-3-12)4-7(11)10(9)14;/h4-5,8,14H,2-3,13H2,1H3;1H/t8-;/m0./s1. The maximum absolute atomic E-state index is 12.1. The highest BCUT2D eigenvalue weighted by atomic mass is 35.5. The number of methoxy groups -OCH3 is 1. The van der Waals surface area contributed by atoms with Gasteiger partial charge in [-0.1, -0.05) is 11.6 Å². The number of aromatic hydroxyl groups is 1. The van der Waals surface area contributed by atoms with E-state index in [0.717, 1.165) is 0 Å². The van der Waals surface area contributed by atoms with E-state index < -0.39 is 12.7 Å². The largest absolute Gasteiger partial charge is 0.503 e. The molecule has 0 amide bonds. The summed E-state index contributed by atoms with van der Waals surface area (Å²) in [5.41, 5.74) is 6.36. The van der Waals surface area contributed by atoms with Crippen LogP contribution in [0.5, 0.6) is 11.5 Å². The number of nitrogens with two attached hydrogens (primary N) is 1. The molecule has 0 bridgehead atoms. The van der Waals surface area contributed by atoms with Crippen LogP contribution in [-0.2, 0) is 0 Å². The van der Waals surface area contributed by atoms with Crippen LogP contribution in [0.2, 0.25) is 5.02 Å². The van der Waals surface area contributed by atoms with E-state index in [1.807, 2.05) is 0 Å². The zero-order valence-corrected chi connectivity index (χ0v) is 10.3. The molecule has 0 heterocycles. The van der Waals surface area contributed by atoms with Crippen molar-refractivity contribution in [1.82, 2.24) is 0 Å². The van der Waals surface area contributed by atoms with Gasteiger partial charge in [-0.15, -0.1) is 12.4 Å². The molecule has 0 unspecified atom stereocenters. The molecule has 92 valence electrons. The monoisotopic (exact) mass is 269 g/mol. The molecule has 1 aromatic carbocycles. The summed E-state index contributed by atoms with van der Waals surface area (Å²) < 4.78 is 17.0. The summed E-state index contributed by atoms with van der Waals surface area (Å²) >= 11 is 5.76. The van der Waals surface area contributed by atoms with E-state index >= 15 is 0 Å². The van der Waals surface area contributed by atoms with Crippen LogP contribution >= 0.6 is 24.0 Å². The van der Waals surface area contributed by atoms with Crippen LogP contribution in [-0.4, -0.2) is 18.9 Å². The molecule has 16 heavy (non-hydrogen) atoms. The minimum absolute atomic E-state index is 0. The Balaban J connectivity index is 0.00000225. The van der Waals surface area contributed by atoms with Crippen molar-refractivity contribution in [2.24, 2.45) is 5.73 Å². The predicted octanol–water partition coefficient (Wildman–Crippen LogP) is 2.84. The van der Waals surface area contributed by atoms with Gasteiger partial charge in [0.1, 0.15) is 0 Å². The third kappa shape index (κ3) is 3.40. The van der Waals surface area contributed by atoms with Gasteiger partial charge in [0.15, 0.2) is 11.5 Å². The molecule has 1 rings (SSSR count). The van der Waals surface area contributed by atoms with E-state index in [1.165, 1.54) is 13.2 Å². The Kier molecular flexibility index (Phi) is 6.48. The second-order valence-electron chi connectivity index (χ2n) is 3.14. The summed E-state index contributed by atoms with van der Waals surface area (Å²) in [6.45, 7) is -0.498. The van der Waals surface area contributed by atoms with Gasteiger partial charge in [-0.3, -0.25) is 4.39 Å². The fourth-order valence-electron chi connectivity index (χ4n) is 1.25. The van der Waals surface area contributed by atoms with Gasteiger partial charge in [-0.05, 0) is 24.1 Å². The lowest BCUT2D eigenvalue weighted by molar-refractivity contribution is 0.372. The van der Waals surface area contributed by atoms with Gasteiger partial charge in [-0.25, -0.2) is 0 Å². The number of alkyl halides is 1. The number of phenolic OH excluding ortho intramolecular Hbond substituents is 1. The molecule has 0 radical (unpaired) electrons. The maximum atomic E-state index is 12.1. The number of hydrogen-bond donors (Lipinski definition) is 2. The van der Waals surface area contributed by atoms with Gasteiger partial charge in [0, 0.05) is 6.04 Å². The van der Waals surface area contributed by atoms with Crippen LogP contribution in [0.4, 0.5) is 4.39 Å². The molecule has 0 aromatic heterocycles. The summed E-state index contributed by atoms with van der Waals surface area (Å²) in [6.07, 6.45) is 0.213. The average molecular weight is 270 g/mol. The van der Waals surface area contributed by atoms with Crippen molar-refractivity contribution in [3.63, 3.8) is 0 Å². The summed E-state index contributed by atoms with van der Waals surface area (Å²) in [5, 5.41) is 9.61. The van der Waals surface area contributed by atoms with E-state index in [1.54, 1.807) is 6.07 Å². The number of rotatable bonds is 4. The molecular formula is C10H14Cl2FNO2. The summed E-state index contributed by atoms with van der Waals surface area (Å²) in [5.74, 6) is 0.113. The van der Waals surface area contributed by atoms with Crippen molar-refractivity contribution in [3.8, 4) is 11.5 Å². The first-order valence-electron chi connectivity index (χ1n) is 4.48. The molecule has 1 atom stereocenters. The van der Waals surface area contributed by atoms with Crippen LogP contribution in [0.3, 0.4) is 0 Å². The van der Waals surface area contributed by atoms with E-state index in [0.29, 0.717) is 5.56 Å². The van der Waals surface area contributed by atoms with Crippen LogP contribution in [0.15, 0.2) is 12.1 Å². The number of benzene rings is 1. The van der Waals surface area contributed by atoms with Crippen LogP contribution in [0.1, 0.15) is 18.0 Å². The fourth-order valence-corrected chi connectivity index (χ4v) is 1.47. The van der Waals surface area contributed by atoms with Crippen molar-refractivity contribution in [2.45, 2.75) is 12.5 Å². The molecule has 0 aliphatic carbocycles. The molecule has 6 heteroatoms. The molecule has 3 N–H and O–H groups in total. The Hall–Kier alpha value is -0.710. The van der Waals surface area contributed by atoms with Gasteiger partial charge in [0.25, 0.3) is 0 Å². The van der Waals surface area contributed by atoms with Crippen molar-refractivity contribution < 1.29 is 14.2 Å². The fraction of sp³-hybridized carbons (Fsp3) is 0.400. The zero-order chi connectivity index (χ0) is 11.4. The second kappa shape index (κ2) is 6.78. The Bertz CT molecular complexity index is 350. The zero-order valence-electron chi connectivity index (χ0n) is 8.74. The first kappa shape index (κ1) is 15.3. The number of hydrogen-bond acceptors (Lipinski definition) is 3. The number of ether oxygens (including phenoxy) is 1. The maximum Gasteiger partial charge on any atom is 0.176 e. The average Bonchev–Trinajstić information content (AvgIpc) is 2.22. The quantitative estimate of drug-likeness (QED) is 0.884. The molecule has 3 nitrogen and oxygen atoms in total. The highest BCUT2D eigenvalue weighted by Gasteiger charge is 2.13. The number of phenols is 1. The normalized spacial score (nSPS) is 11.8. The molecule has 0 saturated carbocycles. The lowest BCUT2D eigenvalue weighted by Gasteiger charge is -2.13. The van der Waals surface area contributed by atoms with Crippen molar-refractivity contribution >= 4 is 24.0 Å². The van der Waals surface area contributed by atoms with Gasteiger partial charge >= 0.3 is 0 Å². The summed E-state index contributed by atoms with van der Waals surface area (Å²) in [6, 6.07) is 2.63. The van der Waals surface area contributed by atoms with Crippen LogP contribution < -0.4 is 10.5 Å². The molecule has 0 spiro atoms. The van der Waals surface area contributed by atoms with Crippen molar-refractivity contribution in [1.29, 1.82) is 0 Å². The third-order valence-corrected chi connectivity index (χ3v) is 2.41. The van der Waals surface area contributed by atoms with Crippen LogP contribution in [0, 0.1) is 0 Å². The second-order valence-corrected chi connectivity index (χ2v) is 3.54. The minimum atomic E-state index is -0.498. The Morgan fingerprint density at radius 1 is 1.56 bits per heavy atom. The Labute approximate surface area is 105 Å². The van der Waals surface area contributed by atoms with Crippen molar-refractivity contribution in [3.05, 3.63) is 22.7 Å². The SMILES string of the molecule is COc1cc([C@@H](N)CCF)cc(Cl)c1O.Cl.